The predicted molar refractivity (Wildman–Crippen MR) is 118 cm³/mol. The van der Waals surface area contributed by atoms with Gasteiger partial charge in [-0.25, -0.2) is 9.78 Å². The van der Waals surface area contributed by atoms with E-state index in [0.29, 0.717) is 54.2 Å². The van der Waals surface area contributed by atoms with Gasteiger partial charge in [-0.3, -0.25) is 0 Å². The highest BCUT2D eigenvalue weighted by atomic mass is 19.4. The molecule has 176 valence electrons. The summed E-state index contributed by atoms with van der Waals surface area (Å²) in [6.45, 7) is 1.10. The molecule has 1 N–H and O–H groups in total. The molecule has 0 spiro atoms. The summed E-state index contributed by atoms with van der Waals surface area (Å²) >= 11 is 0. The number of halogens is 3. The van der Waals surface area contributed by atoms with E-state index in [9.17, 15) is 18.0 Å². The molecule has 0 atom stereocenters. The number of nitrogens with zero attached hydrogens (tertiary/aromatic N) is 3. The Hall–Kier alpha value is -3.43. The lowest BCUT2D eigenvalue weighted by Gasteiger charge is -2.32. The van der Waals surface area contributed by atoms with E-state index < -0.39 is 12.0 Å². The number of alkyl halides is 3. The molecule has 0 saturated carbocycles. The number of urea groups is 1. The molecule has 0 bridgehead atoms. The standard InChI is InChI=1S/C23H25F3N4O3/c1-32-16-7-8-18(20(13-16)33-2)28-22(31)29-11-9-15(10-12-29)14-30-19-6-4-3-5-17(19)27-21(30)23(24,25)26/h3-8,13,15H,9-12,14H2,1-2H3,(H,28,31). The number of piperidine rings is 1. The van der Waals surface area contributed by atoms with Gasteiger partial charge in [-0.15, -0.1) is 0 Å². The molecule has 1 saturated heterocycles. The van der Waals surface area contributed by atoms with Gasteiger partial charge in [0.15, 0.2) is 0 Å². The molecule has 0 aliphatic carbocycles. The third kappa shape index (κ3) is 4.84. The molecule has 3 aromatic rings. The number of rotatable bonds is 5. The number of benzene rings is 2. The highest BCUT2D eigenvalue weighted by Gasteiger charge is 2.38. The maximum absolute atomic E-state index is 13.6. The number of fused-ring (bicyclic) bond motifs is 1. The first-order valence-corrected chi connectivity index (χ1v) is 10.6. The summed E-state index contributed by atoms with van der Waals surface area (Å²) in [5, 5.41) is 2.84. The van der Waals surface area contributed by atoms with Crippen molar-refractivity contribution in [2.75, 3.05) is 32.6 Å². The fourth-order valence-electron chi connectivity index (χ4n) is 4.15. The first kappa shape index (κ1) is 22.8. The Morgan fingerprint density at radius 2 is 1.85 bits per heavy atom. The van der Waals surface area contributed by atoms with Gasteiger partial charge < -0.3 is 24.3 Å². The number of nitrogens with one attached hydrogen (secondary N) is 1. The van der Waals surface area contributed by atoms with Crippen molar-refractivity contribution in [1.82, 2.24) is 14.5 Å². The first-order chi connectivity index (χ1) is 15.8. The van der Waals surface area contributed by atoms with Crippen LogP contribution in [0.4, 0.5) is 23.7 Å². The van der Waals surface area contributed by atoms with Crippen LogP contribution in [0.3, 0.4) is 0 Å². The lowest BCUT2D eigenvalue weighted by molar-refractivity contribution is -0.147. The zero-order chi connectivity index (χ0) is 23.6. The second kappa shape index (κ2) is 9.21. The van der Waals surface area contributed by atoms with Crippen LogP contribution in [0.2, 0.25) is 0 Å². The fourth-order valence-corrected chi connectivity index (χ4v) is 4.15. The second-order valence-corrected chi connectivity index (χ2v) is 7.96. The molecule has 0 unspecified atom stereocenters. The van der Waals surface area contributed by atoms with Crippen molar-refractivity contribution in [2.24, 2.45) is 5.92 Å². The van der Waals surface area contributed by atoms with Crippen molar-refractivity contribution in [3.63, 3.8) is 0 Å². The van der Waals surface area contributed by atoms with Crippen molar-refractivity contribution in [3.05, 3.63) is 48.3 Å². The second-order valence-electron chi connectivity index (χ2n) is 7.96. The predicted octanol–water partition coefficient (Wildman–Crippen LogP) is 5.02. The quantitative estimate of drug-likeness (QED) is 0.578. The van der Waals surface area contributed by atoms with Gasteiger partial charge in [0.2, 0.25) is 5.82 Å². The van der Waals surface area contributed by atoms with Crippen LogP contribution in [0.5, 0.6) is 11.5 Å². The summed E-state index contributed by atoms with van der Waals surface area (Å²) in [5.74, 6) is 0.207. The number of amides is 2. The van der Waals surface area contributed by atoms with E-state index in [-0.39, 0.29) is 18.5 Å². The zero-order valence-electron chi connectivity index (χ0n) is 18.4. The van der Waals surface area contributed by atoms with Crippen LogP contribution in [0.1, 0.15) is 18.7 Å². The molecule has 7 nitrogen and oxygen atoms in total. The lowest BCUT2D eigenvalue weighted by atomic mass is 9.96. The molecule has 33 heavy (non-hydrogen) atoms. The average molecular weight is 462 g/mol. The topological polar surface area (TPSA) is 68.6 Å². The van der Waals surface area contributed by atoms with Gasteiger partial charge in [0.05, 0.1) is 30.9 Å². The van der Waals surface area contributed by atoms with Gasteiger partial charge in [0.25, 0.3) is 0 Å². The van der Waals surface area contributed by atoms with Crippen LogP contribution in [0, 0.1) is 5.92 Å². The minimum Gasteiger partial charge on any atom is -0.497 e. The SMILES string of the molecule is COc1ccc(NC(=O)N2CCC(Cn3c(C(F)(F)F)nc4ccccc43)CC2)c(OC)c1. The Labute approximate surface area is 189 Å². The molecule has 2 amide bonds. The van der Waals surface area contributed by atoms with E-state index in [1.54, 1.807) is 54.5 Å². The van der Waals surface area contributed by atoms with Gasteiger partial charge in [-0.05, 0) is 43.0 Å². The largest absolute Gasteiger partial charge is 0.497 e. The monoisotopic (exact) mass is 462 g/mol. The Kier molecular flexibility index (Phi) is 6.35. The molecule has 2 heterocycles. The highest BCUT2D eigenvalue weighted by Crippen LogP contribution is 2.34. The Bertz CT molecular complexity index is 1140. The number of para-hydroxylation sites is 2. The summed E-state index contributed by atoms with van der Waals surface area (Å²) in [4.78, 5) is 18.2. The average Bonchev–Trinajstić information content (AvgIpc) is 3.19. The molecule has 1 aliphatic rings. The number of carbonyl (C=O) groups is 1. The fraction of sp³-hybridized carbons (Fsp3) is 0.391. The minimum atomic E-state index is -4.53. The van der Waals surface area contributed by atoms with Crippen LogP contribution >= 0.6 is 0 Å². The van der Waals surface area contributed by atoms with Gasteiger partial charge in [0.1, 0.15) is 11.5 Å². The molecule has 1 fully saturated rings. The van der Waals surface area contributed by atoms with Crippen LogP contribution in [0.15, 0.2) is 42.5 Å². The summed E-state index contributed by atoms with van der Waals surface area (Å²) in [7, 11) is 3.05. The molecular formula is C23H25F3N4O3. The zero-order valence-corrected chi connectivity index (χ0v) is 18.4. The van der Waals surface area contributed by atoms with Gasteiger partial charge in [0, 0.05) is 25.7 Å². The Balaban J connectivity index is 1.41. The molecule has 2 aromatic carbocycles. The number of likely N-dealkylation sites (tertiary alicyclic amines) is 1. The van der Waals surface area contributed by atoms with E-state index in [4.69, 9.17) is 9.47 Å². The van der Waals surface area contributed by atoms with Crippen LogP contribution in [-0.2, 0) is 12.7 Å². The summed E-state index contributed by atoms with van der Waals surface area (Å²) in [5.41, 5.74) is 1.32. The summed E-state index contributed by atoms with van der Waals surface area (Å²) in [6.07, 6.45) is -3.34. The van der Waals surface area contributed by atoms with Gasteiger partial charge in [-0.2, -0.15) is 13.2 Å². The number of hydrogen-bond donors (Lipinski definition) is 1. The molecule has 4 rings (SSSR count). The number of carbonyl (C=O) groups excluding carboxylic acids is 1. The third-order valence-corrected chi connectivity index (χ3v) is 5.90. The van der Waals surface area contributed by atoms with Crippen LogP contribution in [0.25, 0.3) is 11.0 Å². The van der Waals surface area contributed by atoms with E-state index in [1.807, 2.05) is 0 Å². The molecule has 0 radical (unpaired) electrons. The summed E-state index contributed by atoms with van der Waals surface area (Å²) in [6, 6.07) is 11.4. The minimum absolute atomic E-state index is 0.00304. The van der Waals surface area contributed by atoms with Crippen LogP contribution in [-0.4, -0.2) is 47.8 Å². The smallest absolute Gasteiger partial charge is 0.449 e. The number of imidazole rings is 1. The van der Waals surface area contributed by atoms with Crippen molar-refractivity contribution >= 4 is 22.8 Å². The van der Waals surface area contributed by atoms with E-state index in [0.717, 1.165) is 0 Å². The number of ether oxygens (including phenoxy) is 2. The van der Waals surface area contributed by atoms with Gasteiger partial charge in [-0.1, -0.05) is 12.1 Å². The van der Waals surface area contributed by atoms with E-state index in [1.165, 1.54) is 11.7 Å². The Morgan fingerprint density at radius 1 is 1.12 bits per heavy atom. The highest BCUT2D eigenvalue weighted by molar-refractivity contribution is 5.91. The van der Waals surface area contributed by atoms with Crippen molar-refractivity contribution < 1.29 is 27.4 Å². The number of methoxy groups -OCH3 is 2. The molecular weight excluding hydrogens is 437 g/mol. The van der Waals surface area contributed by atoms with Gasteiger partial charge >= 0.3 is 12.2 Å². The van der Waals surface area contributed by atoms with Crippen LogP contribution < -0.4 is 14.8 Å². The third-order valence-electron chi connectivity index (χ3n) is 5.90. The number of aromatic nitrogens is 2. The van der Waals surface area contributed by atoms with Crippen molar-refractivity contribution in [1.29, 1.82) is 0 Å². The summed E-state index contributed by atoms with van der Waals surface area (Å²) < 4.78 is 52.4. The van der Waals surface area contributed by atoms with Crippen molar-refractivity contribution in [2.45, 2.75) is 25.6 Å². The van der Waals surface area contributed by atoms with Crippen molar-refractivity contribution in [3.8, 4) is 11.5 Å². The molecule has 10 heteroatoms. The molecule has 1 aromatic heterocycles. The maximum atomic E-state index is 13.6. The first-order valence-electron chi connectivity index (χ1n) is 10.6. The number of hydrogen-bond acceptors (Lipinski definition) is 4. The van der Waals surface area contributed by atoms with E-state index in [2.05, 4.69) is 10.3 Å². The van der Waals surface area contributed by atoms with E-state index >= 15 is 0 Å². The maximum Gasteiger partial charge on any atom is 0.449 e. The normalized spacial score (nSPS) is 15.0. The Morgan fingerprint density at radius 3 is 2.52 bits per heavy atom. The number of anilines is 1. The lowest BCUT2D eigenvalue weighted by Crippen LogP contribution is -2.41. The molecule has 1 aliphatic heterocycles.